The summed E-state index contributed by atoms with van der Waals surface area (Å²) in [5, 5.41) is 44.7. The molecule has 11 heteroatoms. The first-order valence-corrected chi connectivity index (χ1v) is 23.5. The van der Waals surface area contributed by atoms with Crippen molar-refractivity contribution >= 4 is 79.3 Å². The zero-order chi connectivity index (χ0) is 47.9. The zero-order valence-corrected chi connectivity index (χ0v) is 39.2. The van der Waals surface area contributed by atoms with Crippen molar-refractivity contribution in [3.63, 3.8) is 0 Å². The maximum atomic E-state index is 14.2. The fourth-order valence-corrected chi connectivity index (χ4v) is 10.5. The number of unbranched alkanes of at least 4 members (excludes halogenated alkanes) is 3. The van der Waals surface area contributed by atoms with Gasteiger partial charge in [0.05, 0.1) is 44.2 Å². The second-order valence-corrected chi connectivity index (χ2v) is 19.3. The van der Waals surface area contributed by atoms with Gasteiger partial charge in [-0.15, -0.1) is 0 Å². The molecule has 0 radical (unpaired) electrons. The Morgan fingerprint density at radius 2 is 0.985 bits per heavy atom. The standard InChI is InChI=1S/C56H55N3O8/c1-8-11-22-57-41-18-14-31(47-49(60)37(50(47)61)29-45-55(4,5)39-27-33(53(64)65)16-20-43(39)58(45)23-12-9-2)25-35(41)36-26-32(15-19-42(36)57)48-51(62)38(52(48)63)30-46-56(6,7)40-28-34(54(66)67)17-21-44(40)59(46)24-13-10-3/h14-21,25-30H,8-13,22-24H2,1-7H3,(H2-2,60,61,62,63,64,65,66,67)/p+2. The molecule has 4 aromatic carbocycles. The van der Waals surface area contributed by atoms with E-state index in [1.807, 2.05) is 76.2 Å². The lowest BCUT2D eigenvalue weighted by molar-refractivity contribution is -0.438. The first-order chi connectivity index (χ1) is 32.0. The predicted molar refractivity (Wildman–Crippen MR) is 262 cm³/mol. The number of allylic oxidation sites excluding steroid dienone is 6. The summed E-state index contributed by atoms with van der Waals surface area (Å²) in [7, 11) is 0. The van der Waals surface area contributed by atoms with Crippen molar-refractivity contribution in [3.05, 3.63) is 141 Å². The summed E-state index contributed by atoms with van der Waals surface area (Å²) in [6.45, 7) is 16.5. The summed E-state index contributed by atoms with van der Waals surface area (Å²) in [6, 6.07) is 21.8. The minimum atomic E-state index is -1.01. The summed E-state index contributed by atoms with van der Waals surface area (Å²) < 4.78 is 6.51. The Hall–Kier alpha value is -7.14. The smallest absolute Gasteiger partial charge is 0.335 e. The Labute approximate surface area is 389 Å². The molecule has 2 aliphatic heterocycles. The largest absolute Gasteiger partial charge is 0.506 e. The van der Waals surface area contributed by atoms with Gasteiger partial charge in [-0.2, -0.15) is 9.15 Å². The van der Waals surface area contributed by atoms with Crippen LogP contribution in [0.4, 0.5) is 11.4 Å². The van der Waals surface area contributed by atoms with Crippen LogP contribution in [0.5, 0.6) is 0 Å². The van der Waals surface area contributed by atoms with E-state index >= 15 is 0 Å². The van der Waals surface area contributed by atoms with E-state index in [1.165, 1.54) is 0 Å². The molecule has 9 rings (SSSR count). The number of aliphatic hydroxyl groups is 2. The van der Waals surface area contributed by atoms with Crippen LogP contribution in [0.1, 0.15) is 130 Å². The average Bonchev–Trinajstić information content (AvgIpc) is 3.81. The van der Waals surface area contributed by atoms with Crippen LogP contribution in [0.2, 0.25) is 0 Å². The van der Waals surface area contributed by atoms with Gasteiger partial charge in [-0.05, 0) is 93.8 Å². The number of nitrogens with zero attached hydrogens (tertiary/aromatic N) is 3. The molecule has 4 aliphatic rings. The van der Waals surface area contributed by atoms with Crippen LogP contribution in [0.3, 0.4) is 0 Å². The van der Waals surface area contributed by atoms with Crippen LogP contribution >= 0.6 is 0 Å². The summed E-state index contributed by atoms with van der Waals surface area (Å²) in [5.74, 6) is -2.79. The number of carboxylic acids is 2. The van der Waals surface area contributed by atoms with Gasteiger partial charge in [-0.1, -0.05) is 52.2 Å². The number of carbonyl (C=O) groups excluding carboxylic acids is 2. The average molecular weight is 900 g/mol. The van der Waals surface area contributed by atoms with Gasteiger partial charge < -0.3 is 25.0 Å². The number of carboxylic acid groups (broad SMARTS) is 2. The molecule has 67 heavy (non-hydrogen) atoms. The minimum Gasteiger partial charge on any atom is -0.506 e. The van der Waals surface area contributed by atoms with Gasteiger partial charge in [0.15, 0.2) is 11.4 Å². The van der Waals surface area contributed by atoms with Crippen molar-refractivity contribution in [2.75, 3.05) is 13.1 Å². The molecule has 0 fully saturated rings. The third-order valence-corrected chi connectivity index (χ3v) is 14.4. The maximum Gasteiger partial charge on any atom is 0.335 e. The lowest BCUT2D eigenvalue weighted by atomic mass is 9.77. The van der Waals surface area contributed by atoms with Gasteiger partial charge >= 0.3 is 11.9 Å². The van der Waals surface area contributed by atoms with E-state index in [0.29, 0.717) is 24.2 Å². The molecule has 0 saturated carbocycles. The number of aromatic carboxylic acids is 2. The number of carbonyl (C=O) groups is 4. The van der Waals surface area contributed by atoms with Gasteiger partial charge in [0.25, 0.3) is 0 Å². The van der Waals surface area contributed by atoms with Crippen molar-refractivity contribution < 1.29 is 48.8 Å². The molecule has 0 amide bonds. The normalized spacial score (nSPS) is 18.5. The molecule has 3 heterocycles. The second kappa shape index (κ2) is 16.6. The zero-order valence-electron chi connectivity index (χ0n) is 39.2. The first kappa shape index (κ1) is 45.0. The Bertz CT molecular complexity index is 3040. The lowest BCUT2D eigenvalue weighted by Crippen LogP contribution is -2.31. The van der Waals surface area contributed by atoms with Gasteiger partial charge in [0.2, 0.25) is 22.9 Å². The molecule has 0 bridgehead atoms. The van der Waals surface area contributed by atoms with Crippen LogP contribution < -0.4 is 0 Å². The molecule has 1 aromatic heterocycles. The number of ketones is 2. The molecule has 0 unspecified atom stereocenters. The van der Waals surface area contributed by atoms with Crippen molar-refractivity contribution in [2.45, 2.75) is 104 Å². The summed E-state index contributed by atoms with van der Waals surface area (Å²) in [6.07, 6.45) is 9.07. The molecular formula is C56H57N3O8+2. The van der Waals surface area contributed by atoms with Crippen LogP contribution in [0.25, 0.3) is 33.0 Å². The Kier molecular flexibility index (Phi) is 11.2. The number of rotatable bonds is 15. The third-order valence-electron chi connectivity index (χ3n) is 14.4. The molecule has 0 spiro atoms. The van der Waals surface area contributed by atoms with Crippen molar-refractivity contribution in [3.8, 4) is 0 Å². The number of hydrogen-bond donors (Lipinski definition) is 4. The number of aryl methyl sites for hydroxylation is 1. The molecule has 342 valence electrons. The van der Waals surface area contributed by atoms with E-state index in [2.05, 4.69) is 34.5 Å². The predicted octanol–water partition coefficient (Wildman–Crippen LogP) is 11.3. The second-order valence-electron chi connectivity index (χ2n) is 19.3. The van der Waals surface area contributed by atoms with Gasteiger partial charge in [-0.25, -0.2) is 9.59 Å². The molecule has 4 N–H and O–H groups in total. The summed E-state index contributed by atoms with van der Waals surface area (Å²) >= 11 is 0. The summed E-state index contributed by atoms with van der Waals surface area (Å²) in [5.41, 5.74) is 8.06. The van der Waals surface area contributed by atoms with Crippen LogP contribution in [-0.4, -0.2) is 82.2 Å². The van der Waals surface area contributed by atoms with Gasteiger partial charge in [-0.3, -0.25) is 9.59 Å². The highest BCUT2D eigenvalue weighted by atomic mass is 16.4. The summed E-state index contributed by atoms with van der Waals surface area (Å²) in [4.78, 5) is 52.2. The molecule has 0 atom stereocenters. The molecule has 2 aliphatic carbocycles. The number of hydrogen-bond acceptors (Lipinski definition) is 6. The molecule has 11 nitrogen and oxygen atoms in total. The fourth-order valence-electron chi connectivity index (χ4n) is 10.5. The van der Waals surface area contributed by atoms with E-state index in [0.717, 1.165) is 101 Å². The molecule has 5 aromatic rings. The van der Waals surface area contributed by atoms with Crippen molar-refractivity contribution in [2.24, 2.45) is 0 Å². The fraction of sp³-hybridized carbons (Fsp3) is 0.321. The molecular weight excluding hydrogens is 843 g/mol. The van der Waals surface area contributed by atoms with Gasteiger partial charge in [0, 0.05) is 76.6 Å². The van der Waals surface area contributed by atoms with Gasteiger partial charge in [0.1, 0.15) is 24.6 Å². The Morgan fingerprint density at radius 3 is 1.34 bits per heavy atom. The maximum absolute atomic E-state index is 14.2. The van der Waals surface area contributed by atoms with E-state index in [1.54, 1.807) is 36.4 Å². The molecule has 0 saturated heterocycles. The highest BCUT2D eigenvalue weighted by Crippen LogP contribution is 2.46. The lowest BCUT2D eigenvalue weighted by Gasteiger charge is -2.23. The van der Waals surface area contributed by atoms with E-state index in [-0.39, 0.29) is 56.5 Å². The Morgan fingerprint density at radius 1 is 0.582 bits per heavy atom. The first-order valence-electron chi connectivity index (χ1n) is 23.5. The van der Waals surface area contributed by atoms with Crippen LogP contribution in [0, 0.1) is 0 Å². The van der Waals surface area contributed by atoms with E-state index in [9.17, 15) is 39.6 Å². The SMILES string of the molecule is CCCCn1c2ccc(C3=C(O)C(=CC4=[N+](CCCC)c5ccc(C(=O)O)cc5C4(C)C)C3=O)cc2c2cc(C3=C(O)C(=CC4=[N+](CCCC)c5ccc(C(=O)O)cc5C4(C)C)C3=O)ccc21. The third kappa shape index (κ3) is 7.00. The van der Waals surface area contributed by atoms with E-state index in [4.69, 9.17) is 0 Å². The Balaban J connectivity index is 1.11. The number of aliphatic hydroxyl groups excluding tert-OH is 2. The highest BCUT2D eigenvalue weighted by Gasteiger charge is 2.49. The number of Topliss-reactive ketones (excluding diaryl/α,β-unsaturated/α-hetero) is 2. The van der Waals surface area contributed by atoms with E-state index < -0.39 is 22.8 Å². The number of aromatic nitrogens is 1. The quantitative estimate of drug-likeness (QED) is 0.0597. The monoisotopic (exact) mass is 899 g/mol. The van der Waals surface area contributed by atoms with Crippen molar-refractivity contribution in [1.29, 1.82) is 0 Å². The highest BCUT2D eigenvalue weighted by molar-refractivity contribution is 6.41. The minimum absolute atomic E-state index is 0.0999. The van der Waals surface area contributed by atoms with Crippen LogP contribution in [0.15, 0.2) is 108 Å². The van der Waals surface area contributed by atoms with Crippen LogP contribution in [-0.2, 0) is 27.0 Å². The number of fused-ring (bicyclic) bond motifs is 5. The van der Waals surface area contributed by atoms with Crippen molar-refractivity contribution in [1.82, 2.24) is 4.57 Å². The number of benzene rings is 4. The topological polar surface area (TPSA) is 160 Å².